The summed E-state index contributed by atoms with van der Waals surface area (Å²) in [6, 6.07) is 21.7. The number of thioether (sulfide) groups is 1. The maximum Gasteiger partial charge on any atom is 0.337 e. The summed E-state index contributed by atoms with van der Waals surface area (Å²) in [4.78, 5) is 23.9. The molecular weight excluding hydrogens is 370 g/mol. The first-order chi connectivity index (χ1) is 13.6. The number of fused-ring (bicyclic) bond motifs is 1. The zero-order valence-electron chi connectivity index (χ0n) is 16.0. The number of hydrogen-bond acceptors (Lipinski definition) is 4. The molecule has 28 heavy (non-hydrogen) atoms. The highest BCUT2D eigenvalue weighted by molar-refractivity contribution is 7.99. The van der Waals surface area contributed by atoms with Crippen molar-refractivity contribution >= 4 is 34.4 Å². The summed E-state index contributed by atoms with van der Waals surface area (Å²) in [7, 11) is 1.37. The Bertz CT molecular complexity index is 986. The molecule has 0 bridgehead atoms. The van der Waals surface area contributed by atoms with Gasteiger partial charge in [-0.1, -0.05) is 48.5 Å². The molecule has 3 aromatic rings. The number of hydrogen-bond donors (Lipinski definition) is 1. The molecule has 1 atom stereocenters. The van der Waals surface area contributed by atoms with Crippen LogP contribution in [-0.2, 0) is 15.3 Å². The van der Waals surface area contributed by atoms with E-state index in [-0.39, 0.29) is 17.9 Å². The molecule has 0 radical (unpaired) electrons. The zero-order valence-corrected chi connectivity index (χ0v) is 16.8. The number of esters is 1. The van der Waals surface area contributed by atoms with Gasteiger partial charge in [-0.05, 0) is 47.0 Å². The summed E-state index contributed by atoms with van der Waals surface area (Å²) in [6.45, 7) is 1.99. The summed E-state index contributed by atoms with van der Waals surface area (Å²) < 4.78 is 4.74. The van der Waals surface area contributed by atoms with Crippen molar-refractivity contribution < 1.29 is 14.3 Å². The molecule has 1 amide bonds. The molecule has 1 N–H and O–H groups in total. The second-order valence-electron chi connectivity index (χ2n) is 6.58. The van der Waals surface area contributed by atoms with Gasteiger partial charge in [0.25, 0.3) is 0 Å². The molecule has 0 saturated carbocycles. The summed E-state index contributed by atoms with van der Waals surface area (Å²) in [5.41, 5.74) is 2.60. The number of methoxy groups -OCH3 is 1. The highest BCUT2D eigenvalue weighted by Crippen LogP contribution is 2.21. The predicted molar refractivity (Wildman–Crippen MR) is 114 cm³/mol. The first kappa shape index (κ1) is 20.0. The van der Waals surface area contributed by atoms with Gasteiger partial charge in [0.1, 0.15) is 0 Å². The summed E-state index contributed by atoms with van der Waals surface area (Å²) in [5.74, 6) is 0.659. The van der Waals surface area contributed by atoms with E-state index >= 15 is 0 Å². The first-order valence-corrected chi connectivity index (χ1v) is 10.3. The van der Waals surface area contributed by atoms with Crippen LogP contribution >= 0.6 is 11.8 Å². The molecule has 0 heterocycles. The van der Waals surface area contributed by atoms with Crippen molar-refractivity contribution in [3.8, 4) is 0 Å². The summed E-state index contributed by atoms with van der Waals surface area (Å²) in [6.07, 6.45) is 0. The fourth-order valence-corrected chi connectivity index (χ4v) is 3.80. The van der Waals surface area contributed by atoms with E-state index in [0.717, 1.165) is 11.1 Å². The van der Waals surface area contributed by atoms with Crippen molar-refractivity contribution in [3.05, 3.63) is 83.4 Å². The fraction of sp³-hybridized carbons (Fsp3) is 0.217. The lowest BCUT2D eigenvalue weighted by molar-refractivity contribution is -0.119. The van der Waals surface area contributed by atoms with Crippen LogP contribution in [0, 0.1) is 0 Å². The third-order valence-corrected chi connectivity index (χ3v) is 5.50. The lowest BCUT2D eigenvalue weighted by atomic mass is 10.0. The Morgan fingerprint density at radius 3 is 2.57 bits per heavy atom. The van der Waals surface area contributed by atoms with Crippen molar-refractivity contribution in [1.29, 1.82) is 0 Å². The third kappa shape index (κ3) is 5.14. The maximum absolute atomic E-state index is 12.3. The van der Waals surface area contributed by atoms with E-state index < -0.39 is 0 Å². The number of ether oxygens (including phenoxy) is 1. The molecule has 0 aliphatic carbocycles. The molecule has 3 rings (SSSR count). The van der Waals surface area contributed by atoms with Gasteiger partial charge in [-0.25, -0.2) is 4.79 Å². The van der Waals surface area contributed by atoms with E-state index in [4.69, 9.17) is 4.74 Å². The molecular formula is C23H23NO3S. The molecule has 0 aliphatic heterocycles. The highest BCUT2D eigenvalue weighted by atomic mass is 32.2. The molecule has 0 saturated heterocycles. The van der Waals surface area contributed by atoms with Crippen molar-refractivity contribution in [2.24, 2.45) is 0 Å². The zero-order chi connectivity index (χ0) is 19.9. The average Bonchev–Trinajstić information content (AvgIpc) is 2.73. The van der Waals surface area contributed by atoms with E-state index in [2.05, 4.69) is 35.6 Å². The van der Waals surface area contributed by atoms with Gasteiger partial charge in [-0.3, -0.25) is 4.79 Å². The van der Waals surface area contributed by atoms with Crippen molar-refractivity contribution in [3.63, 3.8) is 0 Å². The predicted octanol–water partition coefficient (Wildman–Crippen LogP) is 4.74. The molecule has 5 heteroatoms. The second kappa shape index (κ2) is 9.42. The van der Waals surface area contributed by atoms with Gasteiger partial charge in [0.15, 0.2) is 0 Å². The second-order valence-corrected chi connectivity index (χ2v) is 7.57. The fourth-order valence-electron chi connectivity index (χ4n) is 3.01. The summed E-state index contributed by atoms with van der Waals surface area (Å²) >= 11 is 1.52. The minimum absolute atomic E-state index is 0.00483. The minimum atomic E-state index is -0.353. The highest BCUT2D eigenvalue weighted by Gasteiger charge is 2.11. The third-order valence-electron chi connectivity index (χ3n) is 4.50. The number of amides is 1. The lowest BCUT2D eigenvalue weighted by Gasteiger charge is -2.15. The number of carbonyl (C=O) groups excluding carboxylic acids is 2. The Hall–Kier alpha value is -2.79. The van der Waals surface area contributed by atoms with E-state index in [1.165, 1.54) is 29.6 Å². The summed E-state index contributed by atoms with van der Waals surface area (Å²) in [5, 5.41) is 5.41. The largest absolute Gasteiger partial charge is 0.465 e. The van der Waals surface area contributed by atoms with Crippen LogP contribution < -0.4 is 5.32 Å². The van der Waals surface area contributed by atoms with E-state index in [1.807, 2.05) is 31.2 Å². The van der Waals surface area contributed by atoms with Crippen molar-refractivity contribution in [2.75, 3.05) is 12.9 Å². The monoisotopic (exact) mass is 393 g/mol. The Morgan fingerprint density at radius 1 is 1.00 bits per heavy atom. The molecule has 0 spiro atoms. The first-order valence-electron chi connectivity index (χ1n) is 9.10. The van der Waals surface area contributed by atoms with Crippen LogP contribution in [0.4, 0.5) is 0 Å². The number of carbonyl (C=O) groups is 2. The lowest BCUT2D eigenvalue weighted by Crippen LogP contribution is -2.28. The van der Waals surface area contributed by atoms with Gasteiger partial charge in [0.2, 0.25) is 5.91 Å². The van der Waals surface area contributed by atoms with Gasteiger partial charge in [-0.15, -0.1) is 11.8 Å². The number of rotatable bonds is 7. The molecule has 144 valence electrons. The van der Waals surface area contributed by atoms with Crippen LogP contribution in [0.2, 0.25) is 0 Å². The van der Waals surface area contributed by atoms with Gasteiger partial charge >= 0.3 is 5.97 Å². The molecule has 4 nitrogen and oxygen atoms in total. The van der Waals surface area contributed by atoms with Crippen LogP contribution in [0.5, 0.6) is 0 Å². The van der Waals surface area contributed by atoms with Crippen LogP contribution in [0.1, 0.15) is 34.5 Å². The normalized spacial score (nSPS) is 11.8. The molecule has 3 aromatic carbocycles. The van der Waals surface area contributed by atoms with Crippen LogP contribution in [-0.4, -0.2) is 24.7 Å². The minimum Gasteiger partial charge on any atom is -0.465 e. The van der Waals surface area contributed by atoms with Gasteiger partial charge in [-0.2, -0.15) is 0 Å². The standard InChI is InChI=1S/C23H23NO3S/c1-16(19-11-10-18-7-3-4-8-20(18)13-19)24-22(25)15-28-14-17-6-5-9-21(12-17)23(26)27-2/h3-13,16H,14-15H2,1-2H3,(H,24,25)/t16-/m1/s1. The van der Waals surface area contributed by atoms with E-state index in [0.29, 0.717) is 17.1 Å². The maximum atomic E-state index is 12.3. The van der Waals surface area contributed by atoms with Gasteiger partial charge in [0, 0.05) is 5.75 Å². The quantitative estimate of drug-likeness (QED) is 0.589. The van der Waals surface area contributed by atoms with Gasteiger partial charge < -0.3 is 10.1 Å². The molecule has 0 fully saturated rings. The van der Waals surface area contributed by atoms with E-state index in [1.54, 1.807) is 12.1 Å². The van der Waals surface area contributed by atoms with Crippen molar-refractivity contribution in [2.45, 2.75) is 18.7 Å². The molecule has 0 aromatic heterocycles. The van der Waals surface area contributed by atoms with Gasteiger partial charge in [0.05, 0.1) is 24.5 Å². The van der Waals surface area contributed by atoms with E-state index in [9.17, 15) is 9.59 Å². The van der Waals surface area contributed by atoms with Crippen LogP contribution in [0.3, 0.4) is 0 Å². The SMILES string of the molecule is COC(=O)c1cccc(CSCC(=O)N[C@H](C)c2ccc3ccccc3c2)c1. The number of nitrogens with one attached hydrogen (secondary N) is 1. The molecule has 0 unspecified atom stereocenters. The molecule has 0 aliphatic rings. The average molecular weight is 394 g/mol. The number of benzene rings is 3. The smallest absolute Gasteiger partial charge is 0.337 e. The Kier molecular flexibility index (Phi) is 6.71. The van der Waals surface area contributed by atoms with Crippen molar-refractivity contribution in [1.82, 2.24) is 5.32 Å². The Morgan fingerprint density at radius 2 is 1.79 bits per heavy atom. The Balaban J connectivity index is 1.51. The Labute approximate surface area is 169 Å². The topological polar surface area (TPSA) is 55.4 Å². The van der Waals surface area contributed by atoms with Crippen LogP contribution in [0.25, 0.3) is 10.8 Å². The van der Waals surface area contributed by atoms with Crippen LogP contribution in [0.15, 0.2) is 66.7 Å².